The molecule has 0 radical (unpaired) electrons. The summed E-state index contributed by atoms with van der Waals surface area (Å²) < 4.78 is 4.27. The van der Waals surface area contributed by atoms with Crippen LogP contribution in [0.25, 0.3) is 0 Å². The Labute approximate surface area is 90.2 Å². The minimum absolute atomic E-state index is 0.347. The Balaban J connectivity index is 0. The Kier molecular flexibility index (Phi) is 9.52. The van der Waals surface area contributed by atoms with Crippen molar-refractivity contribution >= 4 is 11.9 Å². The number of carboxylic acids is 1. The number of esters is 1. The van der Waals surface area contributed by atoms with Crippen LogP contribution >= 0.6 is 0 Å². The number of aliphatic carboxylic acids is 1. The number of ether oxygens (including phenoxy) is 1. The fraction of sp³-hybridized carbons (Fsp3) is 0.455. The highest BCUT2D eigenvalue weighted by Crippen LogP contribution is 1.92. The lowest BCUT2D eigenvalue weighted by molar-refractivity contribution is -0.136. The van der Waals surface area contributed by atoms with Gasteiger partial charge in [0, 0.05) is 11.1 Å². The molecule has 0 aliphatic rings. The Morgan fingerprint density at radius 1 is 1.40 bits per heavy atom. The van der Waals surface area contributed by atoms with Crippen molar-refractivity contribution in [2.75, 3.05) is 7.11 Å². The molecule has 0 aliphatic carbocycles. The molecule has 0 aromatic carbocycles. The number of carbonyl (C=O) groups excluding carboxylic acids is 1. The van der Waals surface area contributed by atoms with Gasteiger partial charge in [0.1, 0.15) is 0 Å². The van der Waals surface area contributed by atoms with Crippen molar-refractivity contribution in [1.82, 2.24) is 0 Å². The van der Waals surface area contributed by atoms with E-state index in [9.17, 15) is 9.59 Å². The quantitative estimate of drug-likeness (QED) is 0.577. The Morgan fingerprint density at radius 2 is 1.87 bits per heavy atom. The standard InChI is InChI=1S/C6H10O2.C5H8O2/c1-3-4-5(2)6(7)8;1-4(2)5(6)7-3/h4H,3H2,1-2H3,(H,7,8);1H2,2-3H3. The first-order valence-electron chi connectivity index (χ1n) is 4.50. The number of carboxylic acid groups (broad SMARTS) is 1. The summed E-state index contributed by atoms with van der Waals surface area (Å²) in [5.74, 6) is -1.17. The van der Waals surface area contributed by atoms with E-state index in [0.717, 1.165) is 6.42 Å². The molecule has 0 unspecified atom stereocenters. The highest BCUT2D eigenvalue weighted by atomic mass is 16.5. The first kappa shape index (κ1) is 15.9. The monoisotopic (exact) mass is 214 g/mol. The van der Waals surface area contributed by atoms with Gasteiger partial charge in [-0.15, -0.1) is 0 Å². The predicted molar refractivity (Wildman–Crippen MR) is 58.5 cm³/mol. The normalized spacial score (nSPS) is 9.73. The van der Waals surface area contributed by atoms with Crippen LogP contribution in [-0.4, -0.2) is 24.2 Å². The largest absolute Gasteiger partial charge is 0.478 e. The topological polar surface area (TPSA) is 63.6 Å². The molecule has 0 aromatic heterocycles. The first-order chi connectivity index (χ1) is 6.86. The van der Waals surface area contributed by atoms with E-state index in [1.165, 1.54) is 7.11 Å². The van der Waals surface area contributed by atoms with E-state index in [-0.39, 0.29) is 5.97 Å². The van der Waals surface area contributed by atoms with Gasteiger partial charge in [0.15, 0.2) is 0 Å². The van der Waals surface area contributed by atoms with Gasteiger partial charge >= 0.3 is 11.9 Å². The highest BCUT2D eigenvalue weighted by Gasteiger charge is 1.95. The van der Waals surface area contributed by atoms with E-state index in [1.54, 1.807) is 19.9 Å². The Bertz CT molecular complexity index is 264. The molecule has 0 bridgehead atoms. The van der Waals surface area contributed by atoms with Gasteiger partial charge in [-0.2, -0.15) is 0 Å². The number of hydrogen-bond donors (Lipinski definition) is 1. The summed E-state index contributed by atoms with van der Waals surface area (Å²) in [5.41, 5.74) is 0.856. The van der Waals surface area contributed by atoms with Crippen molar-refractivity contribution in [1.29, 1.82) is 0 Å². The number of rotatable bonds is 3. The van der Waals surface area contributed by atoms with Gasteiger partial charge in [0.05, 0.1) is 7.11 Å². The molecule has 86 valence electrons. The zero-order chi connectivity index (χ0) is 12.4. The molecule has 0 rings (SSSR count). The average molecular weight is 214 g/mol. The van der Waals surface area contributed by atoms with Crippen molar-refractivity contribution in [2.24, 2.45) is 0 Å². The van der Waals surface area contributed by atoms with Crippen LogP contribution in [0.15, 0.2) is 23.8 Å². The molecular weight excluding hydrogens is 196 g/mol. The molecule has 15 heavy (non-hydrogen) atoms. The molecule has 0 fully saturated rings. The summed E-state index contributed by atoms with van der Waals surface area (Å²) in [4.78, 5) is 20.2. The maximum Gasteiger partial charge on any atom is 0.332 e. The SMILES string of the molecule is C=C(C)C(=O)OC.CCC=C(C)C(=O)O. The minimum atomic E-state index is -0.827. The number of allylic oxidation sites excluding steroid dienone is 1. The zero-order valence-electron chi connectivity index (χ0n) is 9.66. The van der Waals surface area contributed by atoms with E-state index in [2.05, 4.69) is 11.3 Å². The highest BCUT2D eigenvalue weighted by molar-refractivity contribution is 5.86. The second-order valence-electron chi connectivity index (χ2n) is 2.87. The minimum Gasteiger partial charge on any atom is -0.478 e. The van der Waals surface area contributed by atoms with Gasteiger partial charge in [-0.05, 0) is 20.3 Å². The fourth-order valence-corrected chi connectivity index (χ4v) is 0.568. The van der Waals surface area contributed by atoms with Gasteiger partial charge in [-0.3, -0.25) is 0 Å². The molecule has 0 atom stereocenters. The maximum absolute atomic E-state index is 10.2. The third kappa shape index (κ3) is 10.3. The summed E-state index contributed by atoms with van der Waals surface area (Å²) in [7, 11) is 1.33. The summed E-state index contributed by atoms with van der Waals surface area (Å²) in [6.45, 7) is 8.45. The smallest absolute Gasteiger partial charge is 0.332 e. The molecule has 0 spiro atoms. The molecule has 4 heteroatoms. The molecule has 0 heterocycles. The lowest BCUT2D eigenvalue weighted by Gasteiger charge is -1.91. The van der Waals surface area contributed by atoms with Crippen LogP contribution in [0.4, 0.5) is 0 Å². The molecule has 0 saturated carbocycles. The van der Waals surface area contributed by atoms with Crippen LogP contribution < -0.4 is 0 Å². The van der Waals surface area contributed by atoms with Gasteiger partial charge in [-0.25, -0.2) is 9.59 Å². The van der Waals surface area contributed by atoms with E-state index in [4.69, 9.17) is 5.11 Å². The maximum atomic E-state index is 10.2. The first-order valence-corrected chi connectivity index (χ1v) is 4.50. The van der Waals surface area contributed by atoms with Crippen molar-refractivity contribution in [3.63, 3.8) is 0 Å². The Morgan fingerprint density at radius 3 is 1.93 bits per heavy atom. The summed E-state index contributed by atoms with van der Waals surface area (Å²) in [5, 5.41) is 8.24. The third-order valence-corrected chi connectivity index (χ3v) is 1.38. The fourth-order valence-electron chi connectivity index (χ4n) is 0.568. The van der Waals surface area contributed by atoms with Crippen LogP contribution in [0.1, 0.15) is 27.2 Å². The molecular formula is C11H18O4. The van der Waals surface area contributed by atoms with Crippen LogP contribution in [0.5, 0.6) is 0 Å². The number of hydrogen-bond acceptors (Lipinski definition) is 3. The van der Waals surface area contributed by atoms with Gasteiger partial charge in [0.25, 0.3) is 0 Å². The van der Waals surface area contributed by atoms with E-state index >= 15 is 0 Å². The van der Waals surface area contributed by atoms with Crippen molar-refractivity contribution in [3.05, 3.63) is 23.8 Å². The second-order valence-corrected chi connectivity index (χ2v) is 2.87. The van der Waals surface area contributed by atoms with Crippen molar-refractivity contribution in [2.45, 2.75) is 27.2 Å². The van der Waals surface area contributed by atoms with Gasteiger partial charge in [0.2, 0.25) is 0 Å². The molecule has 0 amide bonds. The third-order valence-electron chi connectivity index (χ3n) is 1.38. The zero-order valence-corrected chi connectivity index (χ0v) is 9.66. The second kappa shape index (κ2) is 8.99. The van der Waals surface area contributed by atoms with E-state index < -0.39 is 5.97 Å². The summed E-state index contributed by atoms with van der Waals surface area (Å²) >= 11 is 0. The molecule has 0 aliphatic heterocycles. The number of methoxy groups -OCH3 is 1. The molecule has 0 saturated heterocycles. The molecule has 0 aromatic rings. The van der Waals surface area contributed by atoms with Crippen LogP contribution in [0, 0.1) is 0 Å². The molecule has 4 nitrogen and oxygen atoms in total. The lowest BCUT2D eigenvalue weighted by Crippen LogP contribution is -1.98. The van der Waals surface area contributed by atoms with E-state index in [0.29, 0.717) is 11.1 Å². The van der Waals surface area contributed by atoms with E-state index in [1.807, 2.05) is 6.92 Å². The van der Waals surface area contributed by atoms with Crippen LogP contribution in [-0.2, 0) is 14.3 Å². The molecule has 1 N–H and O–H groups in total. The Hall–Kier alpha value is -1.58. The van der Waals surface area contributed by atoms with Crippen molar-refractivity contribution in [3.8, 4) is 0 Å². The average Bonchev–Trinajstić information content (AvgIpc) is 2.17. The van der Waals surface area contributed by atoms with Crippen molar-refractivity contribution < 1.29 is 19.4 Å². The summed E-state index contributed by atoms with van der Waals surface area (Å²) in [6.07, 6.45) is 2.47. The van der Waals surface area contributed by atoms with Gasteiger partial charge in [-0.1, -0.05) is 19.6 Å². The lowest BCUT2D eigenvalue weighted by atomic mass is 10.2. The predicted octanol–water partition coefficient (Wildman–Crippen LogP) is 2.16. The van der Waals surface area contributed by atoms with Crippen LogP contribution in [0.3, 0.4) is 0 Å². The van der Waals surface area contributed by atoms with Crippen LogP contribution in [0.2, 0.25) is 0 Å². The number of carbonyl (C=O) groups is 2. The summed E-state index contributed by atoms with van der Waals surface area (Å²) in [6, 6.07) is 0. The van der Waals surface area contributed by atoms with Gasteiger partial charge < -0.3 is 9.84 Å².